The molecule has 0 saturated carbocycles. The van der Waals surface area contributed by atoms with Crippen LogP contribution in [0.25, 0.3) is 6.08 Å². The smallest absolute Gasteiger partial charge is 0.212 e. The Morgan fingerprint density at radius 3 is 2.65 bits per heavy atom. The van der Waals surface area contributed by atoms with Crippen LogP contribution in [0.5, 0.6) is 0 Å². The van der Waals surface area contributed by atoms with Gasteiger partial charge >= 0.3 is 0 Å². The van der Waals surface area contributed by atoms with E-state index in [-0.39, 0.29) is 10.7 Å². The van der Waals surface area contributed by atoms with E-state index in [2.05, 4.69) is 9.98 Å². The van der Waals surface area contributed by atoms with Gasteiger partial charge in [-0.2, -0.15) is 10.5 Å². The molecular formula is C10H8ClN5S. The molecule has 0 fully saturated rings. The van der Waals surface area contributed by atoms with Crippen LogP contribution in [-0.2, 0) is 0 Å². The molecule has 1 heterocycles. The van der Waals surface area contributed by atoms with E-state index in [9.17, 15) is 0 Å². The fourth-order valence-electron chi connectivity index (χ4n) is 0.832. The molecular weight excluding hydrogens is 258 g/mol. The Bertz CT molecular complexity index is 528. The Kier molecular flexibility index (Phi) is 4.65. The van der Waals surface area contributed by atoms with E-state index in [1.807, 2.05) is 14.1 Å². The molecule has 7 heteroatoms. The SMILES string of the molecule is CN(C)/C=N/c1nc(Cl)c(C=C(C#N)C#N)s1. The van der Waals surface area contributed by atoms with Crippen LogP contribution in [0.15, 0.2) is 10.6 Å². The van der Waals surface area contributed by atoms with Crippen LogP contribution in [0.3, 0.4) is 0 Å². The van der Waals surface area contributed by atoms with Crippen LogP contribution in [-0.4, -0.2) is 30.3 Å². The monoisotopic (exact) mass is 265 g/mol. The highest BCUT2D eigenvalue weighted by Crippen LogP contribution is 2.30. The quantitative estimate of drug-likeness (QED) is 0.478. The van der Waals surface area contributed by atoms with Crippen molar-refractivity contribution in [1.29, 1.82) is 10.5 Å². The standard InChI is InChI=1S/C10H8ClN5S/c1-16(2)6-14-10-15-9(11)8(17-10)3-7(4-12)5-13/h3,6H,1-2H3/b14-6+. The maximum atomic E-state index is 8.63. The normalized spacial score (nSPS) is 9.71. The number of halogens is 1. The van der Waals surface area contributed by atoms with Crippen molar-refractivity contribution in [3.63, 3.8) is 0 Å². The van der Waals surface area contributed by atoms with Crippen molar-refractivity contribution in [3.05, 3.63) is 15.6 Å². The molecule has 0 bridgehead atoms. The molecule has 1 aromatic heterocycles. The number of nitriles is 2. The minimum absolute atomic E-state index is 0.0151. The highest BCUT2D eigenvalue weighted by molar-refractivity contribution is 7.16. The van der Waals surface area contributed by atoms with Crippen LogP contribution in [0.2, 0.25) is 5.15 Å². The predicted octanol–water partition coefficient (Wildman–Crippen LogP) is 2.45. The van der Waals surface area contributed by atoms with Crippen molar-refractivity contribution in [1.82, 2.24) is 9.88 Å². The first kappa shape index (κ1) is 13.2. The van der Waals surface area contributed by atoms with Gasteiger partial charge < -0.3 is 4.90 Å². The third-order valence-corrected chi connectivity index (χ3v) is 2.82. The van der Waals surface area contributed by atoms with Gasteiger partial charge in [0, 0.05) is 14.1 Å². The predicted molar refractivity (Wildman–Crippen MR) is 68.2 cm³/mol. The number of thiazole rings is 1. The van der Waals surface area contributed by atoms with Gasteiger partial charge in [-0.25, -0.2) is 9.98 Å². The lowest BCUT2D eigenvalue weighted by Gasteiger charge is -1.99. The molecule has 0 amide bonds. The number of aliphatic imine (C=N–C) groups is 1. The Labute approximate surface area is 108 Å². The summed E-state index contributed by atoms with van der Waals surface area (Å²) in [4.78, 5) is 10.4. The summed E-state index contributed by atoms with van der Waals surface area (Å²) >= 11 is 7.08. The van der Waals surface area contributed by atoms with E-state index in [0.717, 1.165) is 0 Å². The number of rotatable bonds is 3. The first-order valence-corrected chi connectivity index (χ1v) is 5.65. The van der Waals surface area contributed by atoms with Gasteiger partial charge in [0.15, 0.2) is 0 Å². The largest absolute Gasteiger partial charge is 0.369 e. The lowest BCUT2D eigenvalue weighted by molar-refractivity contribution is 0.643. The molecule has 0 unspecified atom stereocenters. The van der Waals surface area contributed by atoms with Crippen molar-refractivity contribution in [3.8, 4) is 12.1 Å². The summed E-state index contributed by atoms with van der Waals surface area (Å²) in [6.07, 6.45) is 2.99. The summed E-state index contributed by atoms with van der Waals surface area (Å²) in [5.74, 6) is 0. The van der Waals surface area contributed by atoms with Gasteiger partial charge in [-0.05, 0) is 6.08 Å². The Balaban J connectivity index is 3.03. The Morgan fingerprint density at radius 2 is 2.12 bits per heavy atom. The average Bonchev–Trinajstić information content (AvgIpc) is 2.64. The van der Waals surface area contributed by atoms with Crippen LogP contribution in [0.4, 0.5) is 5.13 Å². The van der Waals surface area contributed by atoms with Gasteiger partial charge in [0.25, 0.3) is 0 Å². The van der Waals surface area contributed by atoms with E-state index in [1.165, 1.54) is 17.4 Å². The molecule has 5 nitrogen and oxygen atoms in total. The first-order chi connectivity index (χ1) is 8.06. The molecule has 86 valence electrons. The van der Waals surface area contributed by atoms with Crippen molar-refractivity contribution in [2.75, 3.05) is 14.1 Å². The second-order valence-corrected chi connectivity index (χ2v) is 4.51. The number of hydrogen-bond acceptors (Lipinski definition) is 5. The van der Waals surface area contributed by atoms with Crippen molar-refractivity contribution >= 4 is 40.5 Å². The minimum atomic E-state index is -0.0151. The molecule has 0 aliphatic rings. The molecule has 0 aromatic carbocycles. The second-order valence-electron chi connectivity index (χ2n) is 3.14. The summed E-state index contributed by atoms with van der Waals surface area (Å²) in [5, 5.41) is 18.0. The topological polar surface area (TPSA) is 76.1 Å². The van der Waals surface area contributed by atoms with Crippen molar-refractivity contribution in [2.24, 2.45) is 4.99 Å². The summed E-state index contributed by atoms with van der Waals surface area (Å²) in [6, 6.07) is 3.52. The third-order valence-electron chi connectivity index (χ3n) is 1.51. The average molecular weight is 266 g/mol. The summed E-state index contributed by atoms with van der Waals surface area (Å²) in [5.41, 5.74) is -0.0151. The number of aromatic nitrogens is 1. The van der Waals surface area contributed by atoms with E-state index >= 15 is 0 Å². The second kappa shape index (κ2) is 6.00. The zero-order valence-corrected chi connectivity index (χ0v) is 10.7. The highest BCUT2D eigenvalue weighted by Gasteiger charge is 2.07. The van der Waals surface area contributed by atoms with Crippen LogP contribution in [0, 0.1) is 22.7 Å². The lowest BCUT2D eigenvalue weighted by Crippen LogP contribution is -2.06. The summed E-state index contributed by atoms with van der Waals surface area (Å²) in [6.45, 7) is 0. The third kappa shape index (κ3) is 3.87. The fourth-order valence-corrected chi connectivity index (χ4v) is 1.87. The zero-order valence-electron chi connectivity index (χ0n) is 9.18. The van der Waals surface area contributed by atoms with Gasteiger partial charge in [0.05, 0.1) is 11.2 Å². The van der Waals surface area contributed by atoms with Gasteiger partial charge in [-0.15, -0.1) is 0 Å². The molecule has 0 spiro atoms. The molecule has 1 rings (SSSR count). The summed E-state index contributed by atoms with van der Waals surface area (Å²) < 4.78 is 0. The van der Waals surface area contributed by atoms with Gasteiger partial charge in [0.1, 0.15) is 22.9 Å². The van der Waals surface area contributed by atoms with Crippen molar-refractivity contribution < 1.29 is 0 Å². The van der Waals surface area contributed by atoms with Gasteiger partial charge in [0.2, 0.25) is 5.13 Å². The molecule has 17 heavy (non-hydrogen) atoms. The number of allylic oxidation sites excluding steroid dienone is 1. The number of nitrogens with zero attached hydrogens (tertiary/aromatic N) is 5. The molecule has 0 N–H and O–H groups in total. The molecule has 1 aromatic rings. The molecule has 0 atom stereocenters. The van der Waals surface area contributed by atoms with E-state index in [4.69, 9.17) is 22.1 Å². The molecule has 0 radical (unpaired) electrons. The van der Waals surface area contributed by atoms with E-state index in [1.54, 1.807) is 23.4 Å². The molecule has 0 aliphatic carbocycles. The van der Waals surface area contributed by atoms with E-state index < -0.39 is 0 Å². The molecule has 0 saturated heterocycles. The zero-order chi connectivity index (χ0) is 12.8. The maximum absolute atomic E-state index is 8.63. The van der Waals surface area contributed by atoms with Gasteiger partial charge in [-0.3, -0.25) is 0 Å². The van der Waals surface area contributed by atoms with Crippen LogP contribution >= 0.6 is 22.9 Å². The van der Waals surface area contributed by atoms with Crippen molar-refractivity contribution in [2.45, 2.75) is 0 Å². The Morgan fingerprint density at radius 1 is 1.47 bits per heavy atom. The number of hydrogen-bond donors (Lipinski definition) is 0. The van der Waals surface area contributed by atoms with Crippen LogP contribution in [0.1, 0.15) is 4.88 Å². The Hall–Kier alpha value is -1.89. The minimum Gasteiger partial charge on any atom is -0.369 e. The summed E-state index contributed by atoms with van der Waals surface area (Å²) in [7, 11) is 3.67. The highest BCUT2D eigenvalue weighted by atomic mass is 35.5. The van der Waals surface area contributed by atoms with Crippen LogP contribution < -0.4 is 0 Å². The van der Waals surface area contributed by atoms with E-state index in [0.29, 0.717) is 10.0 Å². The fraction of sp³-hybridized carbons (Fsp3) is 0.200. The maximum Gasteiger partial charge on any atom is 0.212 e. The lowest BCUT2D eigenvalue weighted by atomic mass is 10.3. The molecule has 0 aliphatic heterocycles. The first-order valence-electron chi connectivity index (χ1n) is 4.45. The van der Waals surface area contributed by atoms with Gasteiger partial charge in [-0.1, -0.05) is 22.9 Å².